The van der Waals surface area contributed by atoms with Gasteiger partial charge in [0.15, 0.2) is 5.41 Å². The number of carbonyl (C=O) groups is 3. The van der Waals surface area contributed by atoms with Crippen LogP contribution in [-0.4, -0.2) is 72.0 Å². The summed E-state index contributed by atoms with van der Waals surface area (Å²) in [5.74, 6) is -1.14. The van der Waals surface area contributed by atoms with Crippen molar-refractivity contribution in [2.75, 3.05) is 38.3 Å². The number of rotatable bonds is 3. The van der Waals surface area contributed by atoms with Crippen molar-refractivity contribution < 1.29 is 24.0 Å². The number of non-ortho nitro benzene ring substituents is 1. The van der Waals surface area contributed by atoms with E-state index in [1.54, 1.807) is 6.07 Å². The SMILES string of the molecule is CCCN1C(=O)N(C)C(=O)[C@]2(Cc3cc([N+](=O)[O-])ccc3N3CCOC[C@@H]32)C1=O. The smallest absolute Gasteiger partial charge is 0.333 e. The number of barbiturate groups is 1. The number of nitro groups is 1. The van der Waals surface area contributed by atoms with Crippen LogP contribution in [0.15, 0.2) is 18.2 Å². The molecule has 3 aliphatic rings. The molecule has 29 heavy (non-hydrogen) atoms. The number of hydrogen-bond donors (Lipinski definition) is 0. The van der Waals surface area contributed by atoms with E-state index in [0.29, 0.717) is 25.1 Å². The molecule has 10 heteroatoms. The first kappa shape index (κ1) is 19.3. The average Bonchev–Trinajstić information content (AvgIpc) is 2.73. The van der Waals surface area contributed by atoms with Crippen LogP contribution in [0.5, 0.6) is 0 Å². The highest BCUT2D eigenvalue weighted by Crippen LogP contribution is 2.47. The maximum atomic E-state index is 13.6. The summed E-state index contributed by atoms with van der Waals surface area (Å²) < 4.78 is 5.62. The van der Waals surface area contributed by atoms with Gasteiger partial charge in [-0.05, 0) is 18.1 Å². The molecule has 0 bridgehead atoms. The van der Waals surface area contributed by atoms with Gasteiger partial charge in [0.25, 0.3) is 5.69 Å². The molecular weight excluding hydrogens is 380 g/mol. The lowest BCUT2D eigenvalue weighted by molar-refractivity contribution is -0.384. The van der Waals surface area contributed by atoms with E-state index in [2.05, 4.69) is 0 Å². The highest BCUT2D eigenvalue weighted by molar-refractivity contribution is 6.20. The highest BCUT2D eigenvalue weighted by Gasteiger charge is 2.64. The summed E-state index contributed by atoms with van der Waals surface area (Å²) in [5, 5.41) is 11.3. The van der Waals surface area contributed by atoms with Crippen LogP contribution in [0.3, 0.4) is 0 Å². The molecule has 2 atom stereocenters. The normalized spacial score (nSPS) is 26.6. The van der Waals surface area contributed by atoms with Crippen LogP contribution in [0.1, 0.15) is 18.9 Å². The average molecular weight is 402 g/mol. The Morgan fingerprint density at radius 2 is 2.03 bits per heavy atom. The molecule has 1 spiro atoms. The molecule has 0 radical (unpaired) electrons. The molecule has 154 valence electrons. The van der Waals surface area contributed by atoms with Crippen molar-refractivity contribution in [1.29, 1.82) is 0 Å². The predicted molar refractivity (Wildman–Crippen MR) is 101 cm³/mol. The summed E-state index contributed by atoms with van der Waals surface area (Å²) in [4.78, 5) is 54.4. The number of carbonyl (C=O) groups excluding carboxylic acids is 3. The standard InChI is InChI=1S/C19H22N4O6/c1-3-6-22-17(25)19(16(24)20(2)18(22)26)10-12-9-13(23(27)28)4-5-14(12)21-7-8-29-11-15(19)21/h4-5,9,15H,3,6-8,10-11H2,1-2H3/t15-,19-/m1/s1. The summed E-state index contributed by atoms with van der Waals surface area (Å²) in [6.07, 6.45) is 0.548. The zero-order chi connectivity index (χ0) is 20.9. The molecule has 0 N–H and O–H groups in total. The third-order valence-electron chi connectivity index (χ3n) is 6.03. The van der Waals surface area contributed by atoms with Gasteiger partial charge in [-0.1, -0.05) is 6.92 Å². The molecule has 0 saturated carbocycles. The van der Waals surface area contributed by atoms with Crippen LogP contribution in [0, 0.1) is 15.5 Å². The predicted octanol–water partition coefficient (Wildman–Crippen LogP) is 1.17. The van der Waals surface area contributed by atoms with E-state index in [1.807, 2.05) is 11.8 Å². The molecule has 0 unspecified atom stereocenters. The van der Waals surface area contributed by atoms with Crippen LogP contribution >= 0.6 is 0 Å². The minimum atomic E-state index is -1.56. The van der Waals surface area contributed by atoms with Crippen molar-refractivity contribution >= 4 is 29.2 Å². The van der Waals surface area contributed by atoms with Crippen LogP contribution in [-0.2, 0) is 20.7 Å². The zero-order valence-corrected chi connectivity index (χ0v) is 16.3. The first-order valence-electron chi connectivity index (χ1n) is 9.58. The Bertz CT molecular complexity index is 918. The largest absolute Gasteiger partial charge is 0.377 e. The van der Waals surface area contributed by atoms with E-state index in [1.165, 1.54) is 19.2 Å². The van der Waals surface area contributed by atoms with E-state index in [9.17, 15) is 24.5 Å². The first-order valence-corrected chi connectivity index (χ1v) is 9.58. The Labute approximate surface area is 167 Å². The molecule has 3 heterocycles. The molecule has 2 fully saturated rings. The number of hydrogen-bond acceptors (Lipinski definition) is 7. The number of amides is 4. The molecule has 2 saturated heterocycles. The number of nitro benzene ring substituents is 1. The Kier molecular flexibility index (Phi) is 4.53. The minimum Gasteiger partial charge on any atom is -0.377 e. The summed E-state index contributed by atoms with van der Waals surface area (Å²) in [7, 11) is 1.37. The second kappa shape index (κ2) is 6.80. The number of benzene rings is 1. The summed E-state index contributed by atoms with van der Waals surface area (Å²) in [6.45, 7) is 3.07. The van der Waals surface area contributed by atoms with E-state index in [-0.39, 0.29) is 25.3 Å². The van der Waals surface area contributed by atoms with E-state index >= 15 is 0 Å². The van der Waals surface area contributed by atoms with Crippen LogP contribution in [0.4, 0.5) is 16.2 Å². The van der Waals surface area contributed by atoms with Gasteiger partial charge in [0, 0.05) is 44.4 Å². The van der Waals surface area contributed by atoms with Crippen molar-refractivity contribution in [2.45, 2.75) is 25.8 Å². The molecule has 10 nitrogen and oxygen atoms in total. The van der Waals surface area contributed by atoms with Gasteiger partial charge in [-0.25, -0.2) is 4.79 Å². The quantitative estimate of drug-likeness (QED) is 0.424. The Balaban J connectivity index is 1.90. The maximum absolute atomic E-state index is 13.6. The van der Waals surface area contributed by atoms with E-state index < -0.39 is 34.2 Å². The lowest BCUT2D eigenvalue weighted by Gasteiger charge is -2.54. The Morgan fingerprint density at radius 3 is 2.72 bits per heavy atom. The number of nitrogens with zero attached hydrogens (tertiary/aromatic N) is 4. The molecule has 1 aromatic carbocycles. The second-order valence-electron chi connectivity index (χ2n) is 7.61. The summed E-state index contributed by atoms with van der Waals surface area (Å²) in [5.41, 5.74) is -0.341. The fourth-order valence-corrected chi connectivity index (χ4v) is 4.67. The van der Waals surface area contributed by atoms with Gasteiger partial charge in [0.2, 0.25) is 11.8 Å². The Morgan fingerprint density at radius 1 is 1.28 bits per heavy atom. The van der Waals surface area contributed by atoms with Crippen LogP contribution < -0.4 is 4.90 Å². The van der Waals surface area contributed by atoms with Crippen molar-refractivity contribution in [1.82, 2.24) is 9.80 Å². The number of anilines is 1. The third-order valence-corrected chi connectivity index (χ3v) is 6.03. The summed E-state index contributed by atoms with van der Waals surface area (Å²) in [6, 6.07) is 3.28. The van der Waals surface area contributed by atoms with Crippen LogP contribution in [0.25, 0.3) is 0 Å². The molecule has 3 aliphatic heterocycles. The van der Waals surface area contributed by atoms with Gasteiger partial charge in [0.05, 0.1) is 24.2 Å². The first-order chi connectivity index (χ1) is 13.8. The number of urea groups is 1. The number of morpholine rings is 1. The van der Waals surface area contributed by atoms with E-state index in [0.717, 1.165) is 15.5 Å². The van der Waals surface area contributed by atoms with Gasteiger partial charge in [-0.15, -0.1) is 0 Å². The highest BCUT2D eigenvalue weighted by atomic mass is 16.6. The second-order valence-corrected chi connectivity index (χ2v) is 7.61. The lowest BCUT2D eigenvalue weighted by atomic mass is 9.68. The molecule has 0 aromatic heterocycles. The van der Waals surface area contributed by atoms with Crippen molar-refractivity contribution in [2.24, 2.45) is 5.41 Å². The molecule has 0 aliphatic carbocycles. The zero-order valence-electron chi connectivity index (χ0n) is 16.3. The van der Waals surface area contributed by atoms with E-state index in [4.69, 9.17) is 4.74 Å². The van der Waals surface area contributed by atoms with Crippen molar-refractivity contribution in [3.8, 4) is 0 Å². The fraction of sp³-hybridized carbons (Fsp3) is 0.526. The summed E-state index contributed by atoms with van der Waals surface area (Å²) >= 11 is 0. The fourth-order valence-electron chi connectivity index (χ4n) is 4.67. The van der Waals surface area contributed by atoms with Gasteiger partial charge < -0.3 is 9.64 Å². The lowest BCUT2D eigenvalue weighted by Crippen LogP contribution is -2.74. The third kappa shape index (κ3) is 2.62. The minimum absolute atomic E-state index is 0.00988. The number of fused-ring (bicyclic) bond motifs is 4. The van der Waals surface area contributed by atoms with Crippen molar-refractivity contribution in [3.63, 3.8) is 0 Å². The number of imide groups is 2. The van der Waals surface area contributed by atoms with Gasteiger partial charge in [-0.2, -0.15) is 0 Å². The molecule has 1 aromatic rings. The Hall–Kier alpha value is -3.01. The number of ether oxygens (including phenoxy) is 1. The molecule has 4 amide bonds. The van der Waals surface area contributed by atoms with Gasteiger partial charge >= 0.3 is 6.03 Å². The van der Waals surface area contributed by atoms with Gasteiger partial charge in [0.1, 0.15) is 0 Å². The van der Waals surface area contributed by atoms with Crippen molar-refractivity contribution in [3.05, 3.63) is 33.9 Å². The topological polar surface area (TPSA) is 113 Å². The molecule has 4 rings (SSSR count). The van der Waals surface area contributed by atoms with Gasteiger partial charge in [-0.3, -0.25) is 29.5 Å². The van der Waals surface area contributed by atoms with Crippen LogP contribution in [0.2, 0.25) is 0 Å². The molecular formula is C19H22N4O6. The monoisotopic (exact) mass is 402 g/mol. The maximum Gasteiger partial charge on any atom is 0.333 e.